The molecule has 4 heterocycles. The number of hydrogen-bond acceptors (Lipinski definition) is 12. The third-order valence-corrected chi connectivity index (χ3v) is 11.3. The van der Waals surface area contributed by atoms with E-state index in [1.54, 1.807) is 0 Å². The molecule has 0 saturated heterocycles. The van der Waals surface area contributed by atoms with Gasteiger partial charge in [0.25, 0.3) is 0 Å². The van der Waals surface area contributed by atoms with Crippen LogP contribution < -0.4 is 90.3 Å². The van der Waals surface area contributed by atoms with Crippen LogP contribution in [0.25, 0.3) is 33.5 Å². The van der Waals surface area contributed by atoms with Crippen LogP contribution in [0.3, 0.4) is 0 Å². The average molecular weight is 931 g/mol. The van der Waals surface area contributed by atoms with E-state index in [9.17, 15) is 29.4 Å². The number of nitrogens with zero attached hydrogens (tertiary/aromatic N) is 2. The second-order valence-corrected chi connectivity index (χ2v) is 15.4. The molecule has 0 spiro atoms. The van der Waals surface area contributed by atoms with Crippen molar-refractivity contribution in [1.82, 2.24) is 8.80 Å². The van der Waals surface area contributed by atoms with Crippen molar-refractivity contribution in [2.45, 2.75) is 13.8 Å². The fourth-order valence-electron chi connectivity index (χ4n) is 8.21. The maximum atomic E-state index is 13.9. The second-order valence-electron chi connectivity index (χ2n) is 15.4. The van der Waals surface area contributed by atoms with Crippen molar-refractivity contribution < 1.29 is 107 Å². The first-order chi connectivity index (χ1) is 31.9. The minimum atomic E-state index is -1.46. The van der Waals surface area contributed by atoms with Crippen molar-refractivity contribution in [1.29, 1.82) is 0 Å². The Hall–Kier alpha value is -6.20. The average Bonchev–Trinajstić information content (AvgIpc) is 3.78. The number of hydrogen-bond donors (Lipinski definition) is 2. The Morgan fingerprint density at radius 2 is 0.897 bits per heavy atom. The summed E-state index contributed by atoms with van der Waals surface area (Å²) in [7, 11) is 0. The molecule has 4 N–H and O–H groups in total. The van der Waals surface area contributed by atoms with Gasteiger partial charge in [-0.25, -0.2) is 0 Å². The van der Waals surface area contributed by atoms with E-state index in [0.29, 0.717) is 60.1 Å². The zero-order chi connectivity index (χ0) is 46.5. The quantitative estimate of drug-likeness (QED) is 0.0475. The molecule has 8 rings (SSSR count). The number of ether oxygens (including phenoxy) is 4. The monoisotopic (exact) mass is 930 g/mol. The molecule has 68 heavy (non-hydrogen) atoms. The van der Waals surface area contributed by atoms with Crippen LogP contribution in [0.1, 0.15) is 63.7 Å². The van der Waals surface area contributed by atoms with Crippen molar-refractivity contribution in [3.05, 3.63) is 178 Å². The summed E-state index contributed by atoms with van der Waals surface area (Å²) in [5.41, 5.74) is 18.5. The summed E-state index contributed by atoms with van der Waals surface area (Å²) >= 11 is 0. The van der Waals surface area contributed by atoms with E-state index in [4.69, 9.17) is 30.4 Å². The SMILES string of the molecule is Cc1c(C(=O)c2ccc(N)c(C(=O)[O-])c2)c2ccccn2c1-c1cccc(OCCOCCOCCOc2cccc(-c3c(C)c(C(=O)c4ccc(N)c(C(=O)[O-])c4)c4ccccn34)c2)c1.[Na+].[Na+]. The molecule has 14 nitrogen and oxygen atoms in total. The molecule has 0 bridgehead atoms. The number of fused-ring (bicyclic) bond motifs is 2. The number of carbonyl (C=O) groups is 4. The van der Waals surface area contributed by atoms with Crippen molar-refractivity contribution >= 4 is 45.9 Å². The second kappa shape index (κ2) is 22.7. The van der Waals surface area contributed by atoms with Crippen LogP contribution in [-0.4, -0.2) is 71.9 Å². The third kappa shape index (κ3) is 10.7. The summed E-state index contributed by atoms with van der Waals surface area (Å²) < 4.78 is 27.4. The Kier molecular flexibility index (Phi) is 17.1. The van der Waals surface area contributed by atoms with Crippen molar-refractivity contribution in [2.24, 2.45) is 0 Å². The molecule has 0 saturated carbocycles. The van der Waals surface area contributed by atoms with Crippen molar-refractivity contribution in [2.75, 3.05) is 51.1 Å². The van der Waals surface area contributed by atoms with Crippen LogP contribution in [0.4, 0.5) is 11.4 Å². The van der Waals surface area contributed by atoms with E-state index in [1.807, 2.05) is 120 Å². The number of benzene rings is 4. The summed E-state index contributed by atoms with van der Waals surface area (Å²) in [4.78, 5) is 51.0. The maximum Gasteiger partial charge on any atom is 1.00 e. The van der Waals surface area contributed by atoms with Gasteiger partial charge in [0.05, 0.1) is 71.9 Å². The van der Waals surface area contributed by atoms with Gasteiger partial charge >= 0.3 is 59.1 Å². The zero-order valence-corrected chi connectivity index (χ0v) is 42.1. The molecule has 0 aliphatic carbocycles. The van der Waals surface area contributed by atoms with E-state index in [0.717, 1.165) is 33.6 Å². The molecule has 0 aliphatic rings. The number of anilines is 2. The normalized spacial score (nSPS) is 10.9. The van der Waals surface area contributed by atoms with Crippen LogP contribution in [0.2, 0.25) is 0 Å². The number of carboxylic acids is 2. The summed E-state index contributed by atoms with van der Waals surface area (Å²) in [6, 6.07) is 34.5. The van der Waals surface area contributed by atoms with Crippen LogP contribution in [0.15, 0.2) is 134 Å². The molecule has 4 aromatic heterocycles. The van der Waals surface area contributed by atoms with E-state index in [-0.39, 0.29) is 118 Å². The van der Waals surface area contributed by atoms with Crippen molar-refractivity contribution in [3.63, 3.8) is 0 Å². The summed E-state index contributed by atoms with van der Waals surface area (Å²) in [6.07, 6.45) is 3.75. The molecular formula is C52H44N4Na2O10. The zero-order valence-electron chi connectivity index (χ0n) is 38.1. The Bertz CT molecular complexity index is 2970. The van der Waals surface area contributed by atoms with Crippen LogP contribution in [-0.2, 0) is 9.47 Å². The molecule has 16 heteroatoms. The van der Waals surface area contributed by atoms with Gasteiger partial charge < -0.3 is 59.0 Å². The number of nitrogens with two attached hydrogens (primary N) is 2. The molecule has 4 aromatic carbocycles. The Morgan fingerprint density at radius 1 is 0.500 bits per heavy atom. The molecule has 0 unspecified atom stereocenters. The summed E-state index contributed by atoms with van der Waals surface area (Å²) in [6.45, 7) is 5.62. The first-order valence-corrected chi connectivity index (χ1v) is 21.0. The minimum Gasteiger partial charge on any atom is -0.545 e. The van der Waals surface area contributed by atoms with Crippen LogP contribution in [0.5, 0.6) is 11.5 Å². The van der Waals surface area contributed by atoms with E-state index >= 15 is 0 Å². The van der Waals surface area contributed by atoms with Gasteiger partial charge in [0.1, 0.15) is 24.7 Å². The first kappa shape index (κ1) is 51.2. The number of aromatic carboxylic acids is 2. The fourth-order valence-corrected chi connectivity index (χ4v) is 8.21. The number of carboxylic acid groups (broad SMARTS) is 2. The largest absolute Gasteiger partial charge is 1.00 e. The number of rotatable bonds is 19. The van der Waals surface area contributed by atoms with Gasteiger partial charge in [-0.15, -0.1) is 0 Å². The summed E-state index contributed by atoms with van der Waals surface area (Å²) in [5.74, 6) is -2.35. The molecular weight excluding hydrogens is 887 g/mol. The Labute approximate surface area is 436 Å². The third-order valence-electron chi connectivity index (χ3n) is 11.3. The van der Waals surface area contributed by atoms with Gasteiger partial charge in [-0.1, -0.05) is 36.4 Å². The summed E-state index contributed by atoms with van der Waals surface area (Å²) in [5, 5.41) is 23.3. The smallest absolute Gasteiger partial charge is 0.545 e. The Balaban J connectivity index is 0.00000381. The number of ketones is 2. The van der Waals surface area contributed by atoms with Crippen LogP contribution >= 0.6 is 0 Å². The first-order valence-electron chi connectivity index (χ1n) is 21.0. The van der Waals surface area contributed by atoms with E-state index in [1.165, 1.54) is 36.4 Å². The molecule has 0 amide bonds. The van der Waals surface area contributed by atoms with Gasteiger partial charge in [0.15, 0.2) is 11.6 Å². The van der Waals surface area contributed by atoms with E-state index < -0.39 is 11.9 Å². The number of aromatic nitrogens is 2. The number of pyridine rings is 2. The van der Waals surface area contributed by atoms with Gasteiger partial charge in [-0.05, 0) is 110 Å². The fraction of sp³-hybridized carbons (Fsp3) is 0.154. The Morgan fingerprint density at radius 3 is 1.29 bits per heavy atom. The predicted octanol–water partition coefficient (Wildman–Crippen LogP) is -0.00476. The topological polar surface area (TPSA) is 212 Å². The van der Waals surface area contributed by atoms with Gasteiger partial charge in [-0.2, -0.15) is 0 Å². The van der Waals surface area contributed by atoms with E-state index in [2.05, 4.69) is 0 Å². The predicted molar refractivity (Wildman–Crippen MR) is 245 cm³/mol. The standard InChI is InChI=1S/C52H46N4O10.2Na/c1-31-45(49(57)35-15-17-41(53)39(29-35)51(59)60)43-13-3-5-19-55(43)47(31)33-9-7-11-37(27-33)65-25-23-63-21-22-64-24-26-66-38-12-8-10-34(28-38)48-32(2)46(44-14-4-6-20-56(44)48)50(58)36-16-18-42(54)40(30-36)52(61)62;;/h3-20,27-30H,21-26,53-54H2,1-2H3,(H,59,60)(H,61,62);;/q;2*+1/p-2. The molecule has 0 aliphatic heterocycles. The minimum absolute atomic E-state index is 0. The van der Waals surface area contributed by atoms with Crippen molar-refractivity contribution in [3.8, 4) is 34.0 Å². The van der Waals surface area contributed by atoms with Gasteiger partial charge in [0.2, 0.25) is 0 Å². The number of nitrogen functional groups attached to an aromatic ring is 2. The molecule has 0 fully saturated rings. The van der Waals surface area contributed by atoms with Gasteiger partial charge in [0, 0.05) is 57.1 Å². The molecule has 0 radical (unpaired) electrons. The number of carbonyl (C=O) groups excluding carboxylic acids is 4. The molecule has 8 aromatic rings. The van der Waals surface area contributed by atoms with Gasteiger partial charge in [-0.3, -0.25) is 9.59 Å². The molecule has 0 atom stereocenters. The maximum absolute atomic E-state index is 13.9. The molecule has 334 valence electrons. The van der Waals surface area contributed by atoms with Crippen LogP contribution in [0, 0.1) is 13.8 Å².